The molecule has 3 rings (SSSR count). The van der Waals surface area contributed by atoms with Crippen molar-refractivity contribution < 1.29 is 9.53 Å². The van der Waals surface area contributed by atoms with E-state index in [2.05, 4.69) is 25.1 Å². The van der Waals surface area contributed by atoms with E-state index in [4.69, 9.17) is 10.5 Å². The fourth-order valence-corrected chi connectivity index (χ4v) is 3.73. The molecule has 3 atom stereocenters. The molecule has 1 aromatic rings. The third-order valence-electron chi connectivity index (χ3n) is 5.02. The lowest BCUT2D eigenvalue weighted by molar-refractivity contribution is -0.138. The van der Waals surface area contributed by atoms with Gasteiger partial charge in [0.2, 0.25) is 5.91 Å². The lowest BCUT2D eigenvalue weighted by atomic mass is 9.91. The van der Waals surface area contributed by atoms with Gasteiger partial charge in [0.05, 0.1) is 19.1 Å². The SMILES string of the molecule is CC1CCN(C(=O)CC2OCCc3ccccc32)C(CN)C1.Cl. The van der Waals surface area contributed by atoms with Crippen LogP contribution in [0.2, 0.25) is 0 Å². The summed E-state index contributed by atoms with van der Waals surface area (Å²) in [5.41, 5.74) is 8.37. The number of nitrogens with zero attached hydrogens (tertiary/aromatic N) is 1. The van der Waals surface area contributed by atoms with E-state index in [1.54, 1.807) is 0 Å². The quantitative estimate of drug-likeness (QED) is 0.922. The number of hydrogen-bond acceptors (Lipinski definition) is 3. The Balaban J connectivity index is 0.00000192. The number of ether oxygens (including phenoxy) is 1. The number of rotatable bonds is 3. The molecule has 0 radical (unpaired) electrons. The highest BCUT2D eigenvalue weighted by atomic mass is 35.5. The van der Waals surface area contributed by atoms with Crippen LogP contribution >= 0.6 is 12.4 Å². The van der Waals surface area contributed by atoms with Gasteiger partial charge in [-0.1, -0.05) is 31.2 Å². The third kappa shape index (κ3) is 4.06. The molecule has 4 nitrogen and oxygen atoms in total. The molecule has 1 aromatic carbocycles. The molecule has 5 heteroatoms. The molecule has 0 aromatic heterocycles. The molecule has 128 valence electrons. The summed E-state index contributed by atoms with van der Waals surface area (Å²) in [6, 6.07) is 8.50. The summed E-state index contributed by atoms with van der Waals surface area (Å²) in [5, 5.41) is 0. The molecule has 23 heavy (non-hydrogen) atoms. The highest BCUT2D eigenvalue weighted by Crippen LogP contribution is 2.31. The maximum atomic E-state index is 12.7. The minimum Gasteiger partial charge on any atom is -0.373 e. The van der Waals surface area contributed by atoms with Gasteiger partial charge in [0, 0.05) is 19.1 Å². The number of likely N-dealkylation sites (tertiary alicyclic amines) is 1. The largest absolute Gasteiger partial charge is 0.373 e. The Morgan fingerprint density at radius 3 is 2.96 bits per heavy atom. The monoisotopic (exact) mass is 338 g/mol. The Bertz CT molecular complexity index is 538. The maximum absolute atomic E-state index is 12.7. The summed E-state index contributed by atoms with van der Waals surface area (Å²) in [7, 11) is 0. The van der Waals surface area contributed by atoms with Crippen LogP contribution in [-0.2, 0) is 16.0 Å². The smallest absolute Gasteiger partial charge is 0.225 e. The van der Waals surface area contributed by atoms with E-state index in [0.717, 1.165) is 25.8 Å². The van der Waals surface area contributed by atoms with E-state index < -0.39 is 0 Å². The van der Waals surface area contributed by atoms with Crippen molar-refractivity contribution in [2.75, 3.05) is 19.7 Å². The molecule has 2 N–H and O–H groups in total. The number of carbonyl (C=O) groups excluding carboxylic acids is 1. The Hall–Kier alpha value is -1.10. The average molecular weight is 339 g/mol. The van der Waals surface area contributed by atoms with Crippen molar-refractivity contribution in [2.45, 2.75) is 44.8 Å². The van der Waals surface area contributed by atoms with Crippen LogP contribution in [0.5, 0.6) is 0 Å². The van der Waals surface area contributed by atoms with Crippen LogP contribution < -0.4 is 5.73 Å². The van der Waals surface area contributed by atoms with Gasteiger partial charge < -0.3 is 15.4 Å². The number of benzene rings is 1. The fourth-order valence-electron chi connectivity index (χ4n) is 3.73. The summed E-state index contributed by atoms with van der Waals surface area (Å²) in [4.78, 5) is 14.7. The van der Waals surface area contributed by atoms with Gasteiger partial charge in [0.1, 0.15) is 0 Å². The summed E-state index contributed by atoms with van der Waals surface area (Å²) in [5.74, 6) is 0.841. The van der Waals surface area contributed by atoms with E-state index in [-0.39, 0.29) is 30.5 Å². The number of nitrogens with two attached hydrogens (primary N) is 1. The van der Waals surface area contributed by atoms with Gasteiger partial charge in [-0.05, 0) is 36.3 Å². The van der Waals surface area contributed by atoms with Gasteiger partial charge in [0.25, 0.3) is 0 Å². The van der Waals surface area contributed by atoms with Gasteiger partial charge in [-0.25, -0.2) is 0 Å². The molecule has 0 spiro atoms. The first kappa shape index (κ1) is 18.2. The van der Waals surface area contributed by atoms with Gasteiger partial charge in [0.15, 0.2) is 0 Å². The van der Waals surface area contributed by atoms with Crippen molar-refractivity contribution >= 4 is 18.3 Å². The van der Waals surface area contributed by atoms with Gasteiger partial charge in [-0.3, -0.25) is 4.79 Å². The molecule has 2 aliphatic heterocycles. The number of fused-ring (bicyclic) bond motifs is 1. The zero-order valence-electron chi connectivity index (χ0n) is 13.7. The molecular weight excluding hydrogens is 312 g/mol. The van der Waals surface area contributed by atoms with Crippen molar-refractivity contribution in [1.82, 2.24) is 4.90 Å². The lowest BCUT2D eigenvalue weighted by Gasteiger charge is -2.39. The number of halogens is 1. The number of hydrogen-bond donors (Lipinski definition) is 1. The third-order valence-corrected chi connectivity index (χ3v) is 5.02. The molecule has 2 aliphatic rings. The Kier molecular flexibility index (Phi) is 6.45. The maximum Gasteiger partial charge on any atom is 0.225 e. The normalized spacial score (nSPS) is 27.0. The minimum atomic E-state index is -0.102. The summed E-state index contributed by atoms with van der Waals surface area (Å²) < 4.78 is 5.88. The summed E-state index contributed by atoms with van der Waals surface area (Å²) >= 11 is 0. The minimum absolute atomic E-state index is 0. The first-order valence-corrected chi connectivity index (χ1v) is 8.38. The van der Waals surface area contributed by atoms with Crippen molar-refractivity contribution in [3.63, 3.8) is 0 Å². The van der Waals surface area contributed by atoms with Crippen LogP contribution in [0.4, 0.5) is 0 Å². The van der Waals surface area contributed by atoms with Crippen molar-refractivity contribution in [1.29, 1.82) is 0 Å². The molecule has 1 saturated heterocycles. The number of carbonyl (C=O) groups is 1. The standard InChI is InChI=1S/C18H26N2O2.ClH/c1-13-6-8-20(15(10-13)12-19)18(21)11-17-16-5-3-2-4-14(16)7-9-22-17;/h2-5,13,15,17H,6-12,19H2,1H3;1H. The van der Waals surface area contributed by atoms with Gasteiger partial charge >= 0.3 is 0 Å². The zero-order valence-corrected chi connectivity index (χ0v) is 14.6. The second-order valence-electron chi connectivity index (χ2n) is 6.62. The highest BCUT2D eigenvalue weighted by Gasteiger charge is 2.31. The highest BCUT2D eigenvalue weighted by molar-refractivity contribution is 5.85. The van der Waals surface area contributed by atoms with Crippen LogP contribution in [0.1, 0.15) is 43.4 Å². The Morgan fingerprint density at radius 2 is 2.17 bits per heavy atom. The van der Waals surface area contributed by atoms with Crippen LogP contribution in [-0.4, -0.2) is 36.5 Å². The predicted molar refractivity (Wildman–Crippen MR) is 93.7 cm³/mol. The number of piperidine rings is 1. The van der Waals surface area contributed by atoms with Gasteiger partial charge in [-0.2, -0.15) is 0 Å². The topological polar surface area (TPSA) is 55.6 Å². The van der Waals surface area contributed by atoms with Gasteiger partial charge in [-0.15, -0.1) is 12.4 Å². The Labute approximate surface area is 144 Å². The fraction of sp³-hybridized carbons (Fsp3) is 0.611. The zero-order chi connectivity index (χ0) is 15.5. The van der Waals surface area contributed by atoms with Crippen molar-refractivity contribution in [3.05, 3.63) is 35.4 Å². The molecule has 1 fully saturated rings. The van der Waals surface area contributed by atoms with Crippen LogP contribution in [0, 0.1) is 5.92 Å². The molecule has 0 aliphatic carbocycles. The van der Waals surface area contributed by atoms with Crippen molar-refractivity contribution in [3.8, 4) is 0 Å². The summed E-state index contributed by atoms with van der Waals surface area (Å²) in [6.07, 6.45) is 3.36. The van der Waals surface area contributed by atoms with E-state index in [1.807, 2.05) is 11.0 Å². The van der Waals surface area contributed by atoms with Crippen molar-refractivity contribution in [2.24, 2.45) is 11.7 Å². The van der Waals surface area contributed by atoms with Crippen LogP contribution in [0.25, 0.3) is 0 Å². The molecule has 0 saturated carbocycles. The number of amides is 1. The first-order valence-electron chi connectivity index (χ1n) is 8.38. The van der Waals surface area contributed by atoms with Crippen LogP contribution in [0.15, 0.2) is 24.3 Å². The molecule has 1 amide bonds. The molecular formula is C18H27ClN2O2. The van der Waals surface area contributed by atoms with E-state index in [1.165, 1.54) is 11.1 Å². The lowest BCUT2D eigenvalue weighted by Crippen LogP contribution is -2.49. The average Bonchev–Trinajstić information content (AvgIpc) is 2.55. The second kappa shape index (κ2) is 8.13. The van der Waals surface area contributed by atoms with Crippen LogP contribution in [0.3, 0.4) is 0 Å². The molecule has 2 heterocycles. The molecule has 0 bridgehead atoms. The second-order valence-corrected chi connectivity index (χ2v) is 6.62. The van der Waals surface area contributed by atoms with E-state index >= 15 is 0 Å². The first-order chi connectivity index (χ1) is 10.7. The summed E-state index contributed by atoms with van der Waals surface area (Å²) in [6.45, 7) is 4.33. The van der Waals surface area contributed by atoms with E-state index in [9.17, 15) is 4.79 Å². The van der Waals surface area contributed by atoms with E-state index in [0.29, 0.717) is 25.5 Å². The Morgan fingerprint density at radius 1 is 1.39 bits per heavy atom. The molecule has 3 unspecified atom stereocenters. The predicted octanol–water partition coefficient (Wildman–Crippen LogP) is 2.70.